The summed E-state index contributed by atoms with van der Waals surface area (Å²) < 4.78 is 11.1. The van der Waals surface area contributed by atoms with Gasteiger partial charge in [-0.25, -0.2) is 0 Å². The summed E-state index contributed by atoms with van der Waals surface area (Å²) in [6.45, 7) is 4.08. The van der Waals surface area contributed by atoms with Crippen LogP contribution in [-0.4, -0.2) is 43.3 Å². The van der Waals surface area contributed by atoms with Crippen molar-refractivity contribution in [3.05, 3.63) is 95.1 Å². The molecule has 0 saturated carbocycles. The summed E-state index contributed by atoms with van der Waals surface area (Å²) in [5.41, 5.74) is 4.90. The maximum Gasteiger partial charge on any atom is 0.260 e. The Morgan fingerprint density at radius 3 is 2.36 bits per heavy atom. The summed E-state index contributed by atoms with van der Waals surface area (Å²) >= 11 is 0. The number of carbonyl (C=O) groups excluding carboxylic acids is 1. The molecular formula is C30H34N2O4. The highest BCUT2D eigenvalue weighted by molar-refractivity contribution is 6.01. The molecule has 1 heterocycles. The molecule has 0 radical (unpaired) electrons. The molecule has 0 aromatic heterocycles. The van der Waals surface area contributed by atoms with E-state index in [1.54, 1.807) is 7.11 Å². The lowest BCUT2D eigenvalue weighted by atomic mass is 10.0. The second-order valence-corrected chi connectivity index (χ2v) is 9.03. The first-order chi connectivity index (χ1) is 17.6. The van der Waals surface area contributed by atoms with Crippen LogP contribution < -0.4 is 9.47 Å². The number of ether oxygens (including phenoxy) is 2. The van der Waals surface area contributed by atoms with E-state index in [-0.39, 0.29) is 12.5 Å². The van der Waals surface area contributed by atoms with Gasteiger partial charge in [0.05, 0.1) is 12.8 Å². The number of nitrogens with zero attached hydrogens (tertiary/aromatic N) is 2. The van der Waals surface area contributed by atoms with Crippen LogP contribution in [0.25, 0.3) is 0 Å². The lowest BCUT2D eigenvalue weighted by molar-refractivity contribution is -0.134. The number of likely N-dealkylation sites (tertiary alicyclic amines) is 1. The normalized spacial score (nSPS) is 13.8. The van der Waals surface area contributed by atoms with E-state index in [2.05, 4.69) is 17.3 Å². The number of hydrogen-bond donors (Lipinski definition) is 0. The number of carbonyl (C=O) groups is 1. The number of benzene rings is 3. The zero-order valence-corrected chi connectivity index (χ0v) is 21.1. The molecule has 0 spiro atoms. The average Bonchev–Trinajstić information content (AvgIpc) is 2.93. The molecule has 4 rings (SSSR count). The fourth-order valence-corrected chi connectivity index (χ4v) is 4.25. The Kier molecular flexibility index (Phi) is 8.98. The van der Waals surface area contributed by atoms with Crippen molar-refractivity contribution < 1.29 is 19.1 Å². The Morgan fingerprint density at radius 1 is 0.917 bits per heavy atom. The quantitative estimate of drug-likeness (QED) is 0.278. The number of piperidine rings is 1. The summed E-state index contributed by atoms with van der Waals surface area (Å²) in [4.78, 5) is 20.2. The van der Waals surface area contributed by atoms with E-state index in [9.17, 15) is 4.79 Å². The fourth-order valence-electron chi connectivity index (χ4n) is 4.25. The number of amides is 1. The average molecular weight is 487 g/mol. The summed E-state index contributed by atoms with van der Waals surface area (Å²) in [6, 6.07) is 23.9. The summed E-state index contributed by atoms with van der Waals surface area (Å²) in [5.74, 6) is 1.57. The largest absolute Gasteiger partial charge is 0.497 e. The van der Waals surface area contributed by atoms with Crippen LogP contribution in [0.2, 0.25) is 0 Å². The number of rotatable bonds is 10. The number of oxime groups is 1. The van der Waals surface area contributed by atoms with E-state index < -0.39 is 0 Å². The van der Waals surface area contributed by atoms with Crippen LogP contribution in [0.4, 0.5) is 0 Å². The SMILES string of the molecule is COc1ccc(CON=C(Cc2ccccc2)c2ccc(OCC(=O)N3CCCCC3)c(C)c2)cc1. The maximum absolute atomic E-state index is 12.5. The molecule has 1 aliphatic rings. The highest BCUT2D eigenvalue weighted by Gasteiger charge is 2.17. The first-order valence-corrected chi connectivity index (χ1v) is 12.5. The second-order valence-electron chi connectivity index (χ2n) is 9.03. The first-order valence-electron chi connectivity index (χ1n) is 12.5. The molecule has 1 aliphatic heterocycles. The monoisotopic (exact) mass is 486 g/mol. The highest BCUT2D eigenvalue weighted by atomic mass is 16.6. The third-order valence-electron chi connectivity index (χ3n) is 6.35. The van der Waals surface area contributed by atoms with E-state index in [1.807, 2.05) is 72.5 Å². The Hall–Kier alpha value is -3.80. The molecule has 3 aromatic rings. The van der Waals surface area contributed by atoms with Gasteiger partial charge in [0.1, 0.15) is 18.1 Å². The van der Waals surface area contributed by atoms with Gasteiger partial charge in [0.15, 0.2) is 6.61 Å². The van der Waals surface area contributed by atoms with E-state index in [0.29, 0.717) is 18.8 Å². The van der Waals surface area contributed by atoms with Gasteiger partial charge in [-0.3, -0.25) is 4.79 Å². The lowest BCUT2D eigenvalue weighted by Gasteiger charge is -2.26. The van der Waals surface area contributed by atoms with Gasteiger partial charge < -0.3 is 19.2 Å². The van der Waals surface area contributed by atoms with Gasteiger partial charge in [-0.15, -0.1) is 0 Å². The predicted molar refractivity (Wildman–Crippen MR) is 142 cm³/mol. The van der Waals surface area contributed by atoms with Crippen molar-refractivity contribution in [3.63, 3.8) is 0 Å². The molecule has 36 heavy (non-hydrogen) atoms. The molecule has 6 nitrogen and oxygen atoms in total. The molecular weight excluding hydrogens is 452 g/mol. The molecule has 188 valence electrons. The van der Waals surface area contributed by atoms with Crippen molar-refractivity contribution in [2.45, 2.75) is 39.2 Å². The molecule has 0 bridgehead atoms. The zero-order chi connectivity index (χ0) is 25.2. The molecule has 3 aromatic carbocycles. The molecule has 0 unspecified atom stereocenters. The standard InChI is InChI=1S/C30H34N2O4/c1-23-19-26(13-16-29(23)35-22-30(33)32-17-7-4-8-18-32)28(20-24-9-5-3-6-10-24)31-36-21-25-11-14-27(34-2)15-12-25/h3,5-6,9-16,19H,4,7-8,17-18,20-22H2,1-2H3. The second kappa shape index (κ2) is 12.8. The van der Waals surface area contributed by atoms with Crippen LogP contribution in [0, 0.1) is 6.92 Å². The highest BCUT2D eigenvalue weighted by Crippen LogP contribution is 2.22. The Bertz CT molecular complexity index is 1150. The fraction of sp³-hybridized carbons (Fsp3) is 0.333. The minimum Gasteiger partial charge on any atom is -0.497 e. The molecule has 1 fully saturated rings. The van der Waals surface area contributed by atoms with Crippen molar-refractivity contribution in [2.75, 3.05) is 26.8 Å². The predicted octanol–water partition coefficient (Wildman–Crippen LogP) is 5.56. The van der Waals surface area contributed by atoms with Crippen LogP contribution in [0.3, 0.4) is 0 Å². The van der Waals surface area contributed by atoms with E-state index >= 15 is 0 Å². The van der Waals surface area contributed by atoms with Crippen LogP contribution >= 0.6 is 0 Å². The Labute approximate surface area is 213 Å². The molecule has 1 amide bonds. The van der Waals surface area contributed by atoms with Crippen molar-refractivity contribution in [3.8, 4) is 11.5 Å². The third kappa shape index (κ3) is 7.11. The molecule has 0 aliphatic carbocycles. The third-order valence-corrected chi connectivity index (χ3v) is 6.35. The number of methoxy groups -OCH3 is 1. The Morgan fingerprint density at radius 2 is 1.67 bits per heavy atom. The van der Waals surface area contributed by atoms with Gasteiger partial charge in [-0.2, -0.15) is 0 Å². The number of aryl methyl sites for hydroxylation is 1. The summed E-state index contributed by atoms with van der Waals surface area (Å²) in [6.07, 6.45) is 3.98. The van der Waals surface area contributed by atoms with Crippen molar-refractivity contribution in [2.24, 2.45) is 5.16 Å². The van der Waals surface area contributed by atoms with Crippen molar-refractivity contribution >= 4 is 11.6 Å². The lowest BCUT2D eigenvalue weighted by Crippen LogP contribution is -2.38. The van der Waals surface area contributed by atoms with Gasteiger partial charge in [0.2, 0.25) is 0 Å². The van der Waals surface area contributed by atoms with Gasteiger partial charge in [-0.1, -0.05) is 47.6 Å². The van der Waals surface area contributed by atoms with Crippen molar-refractivity contribution in [1.82, 2.24) is 4.90 Å². The minimum atomic E-state index is 0.0523. The Balaban J connectivity index is 1.45. The first kappa shape index (κ1) is 25.3. The van der Waals surface area contributed by atoms with Gasteiger partial charge in [-0.05, 0) is 73.2 Å². The van der Waals surface area contributed by atoms with Gasteiger partial charge in [0, 0.05) is 25.1 Å². The van der Waals surface area contributed by atoms with Gasteiger partial charge >= 0.3 is 0 Å². The van der Waals surface area contributed by atoms with Crippen LogP contribution in [-0.2, 0) is 22.7 Å². The minimum absolute atomic E-state index is 0.0523. The summed E-state index contributed by atoms with van der Waals surface area (Å²) in [7, 11) is 1.65. The molecule has 0 atom stereocenters. The zero-order valence-electron chi connectivity index (χ0n) is 21.1. The molecule has 1 saturated heterocycles. The van der Waals surface area contributed by atoms with Crippen LogP contribution in [0.5, 0.6) is 11.5 Å². The maximum atomic E-state index is 12.5. The molecule has 6 heteroatoms. The number of hydrogen-bond acceptors (Lipinski definition) is 5. The van der Waals surface area contributed by atoms with Crippen molar-refractivity contribution in [1.29, 1.82) is 0 Å². The van der Waals surface area contributed by atoms with Crippen LogP contribution in [0.1, 0.15) is 41.5 Å². The smallest absolute Gasteiger partial charge is 0.260 e. The van der Waals surface area contributed by atoms with Crippen LogP contribution in [0.15, 0.2) is 78.0 Å². The van der Waals surface area contributed by atoms with E-state index in [0.717, 1.165) is 59.6 Å². The van der Waals surface area contributed by atoms with Gasteiger partial charge in [0.25, 0.3) is 5.91 Å². The molecule has 0 N–H and O–H groups in total. The topological polar surface area (TPSA) is 60.4 Å². The van der Waals surface area contributed by atoms with E-state index in [1.165, 1.54) is 6.42 Å². The summed E-state index contributed by atoms with van der Waals surface area (Å²) in [5, 5.41) is 4.52. The van der Waals surface area contributed by atoms with E-state index in [4.69, 9.17) is 14.3 Å².